The number of aromatic nitrogens is 2. The van der Waals surface area contributed by atoms with Crippen molar-refractivity contribution in [3.63, 3.8) is 0 Å². The molecule has 2 rings (SSSR count). The quantitative estimate of drug-likeness (QED) is 0.833. The van der Waals surface area contributed by atoms with Gasteiger partial charge in [-0.2, -0.15) is 13.2 Å². The van der Waals surface area contributed by atoms with Crippen molar-refractivity contribution >= 4 is 22.6 Å². The van der Waals surface area contributed by atoms with E-state index in [1.807, 2.05) is 0 Å². The number of nitrogens with zero attached hydrogens (tertiary/aromatic N) is 2. The lowest BCUT2D eigenvalue weighted by molar-refractivity contribution is -0.154. The SMILES string of the molecule is FC(F)(F)COc1cc(Cl)c2ncccc2n1. The molecule has 0 amide bonds. The number of alkyl halides is 3. The summed E-state index contributed by atoms with van der Waals surface area (Å²) in [6.45, 7) is -1.40. The molecule has 0 spiro atoms. The fraction of sp³-hybridized carbons (Fsp3) is 0.200. The van der Waals surface area contributed by atoms with Gasteiger partial charge in [0.1, 0.15) is 5.52 Å². The molecule has 0 aromatic carbocycles. The maximum absolute atomic E-state index is 12.0. The molecule has 2 aromatic rings. The van der Waals surface area contributed by atoms with Gasteiger partial charge in [0, 0.05) is 12.3 Å². The van der Waals surface area contributed by atoms with Crippen LogP contribution in [0.3, 0.4) is 0 Å². The van der Waals surface area contributed by atoms with Gasteiger partial charge in [-0.15, -0.1) is 0 Å². The first-order valence-corrected chi connectivity index (χ1v) is 4.94. The van der Waals surface area contributed by atoms with Crippen LogP contribution in [0.25, 0.3) is 11.0 Å². The number of hydrogen-bond acceptors (Lipinski definition) is 3. The summed E-state index contributed by atoms with van der Waals surface area (Å²) in [6, 6.07) is 4.41. The number of pyridine rings is 2. The van der Waals surface area contributed by atoms with Crippen LogP contribution in [0, 0.1) is 0 Å². The molecular formula is C10H6ClF3N2O. The van der Waals surface area contributed by atoms with Gasteiger partial charge in [-0.1, -0.05) is 11.6 Å². The first-order valence-electron chi connectivity index (χ1n) is 4.56. The summed E-state index contributed by atoms with van der Waals surface area (Å²) in [5.41, 5.74) is 0.811. The van der Waals surface area contributed by atoms with Crippen molar-refractivity contribution in [2.24, 2.45) is 0 Å². The molecule has 2 aromatic heterocycles. The molecule has 0 fully saturated rings. The van der Waals surface area contributed by atoms with E-state index in [9.17, 15) is 13.2 Å². The van der Waals surface area contributed by atoms with Crippen LogP contribution in [0.2, 0.25) is 5.02 Å². The van der Waals surface area contributed by atoms with Gasteiger partial charge < -0.3 is 4.74 Å². The summed E-state index contributed by atoms with van der Waals surface area (Å²) in [4.78, 5) is 7.83. The molecule has 0 radical (unpaired) electrons. The van der Waals surface area contributed by atoms with E-state index in [0.29, 0.717) is 11.0 Å². The van der Waals surface area contributed by atoms with E-state index < -0.39 is 12.8 Å². The van der Waals surface area contributed by atoms with E-state index in [1.54, 1.807) is 12.1 Å². The zero-order chi connectivity index (χ0) is 12.5. The van der Waals surface area contributed by atoms with Gasteiger partial charge in [0.2, 0.25) is 5.88 Å². The standard InChI is InChI=1S/C10H6ClF3N2O/c11-6-4-8(17-5-10(12,13)14)16-7-2-1-3-15-9(6)7/h1-4H,5H2. The summed E-state index contributed by atoms with van der Waals surface area (Å²) in [6.07, 6.45) is -2.88. The second-order valence-electron chi connectivity index (χ2n) is 3.22. The van der Waals surface area contributed by atoms with Gasteiger partial charge >= 0.3 is 6.18 Å². The first kappa shape index (κ1) is 11.9. The second kappa shape index (κ2) is 4.37. The number of fused-ring (bicyclic) bond motifs is 1. The van der Waals surface area contributed by atoms with E-state index in [0.717, 1.165) is 0 Å². The van der Waals surface area contributed by atoms with Gasteiger partial charge in [-0.3, -0.25) is 4.98 Å². The van der Waals surface area contributed by atoms with Crippen molar-refractivity contribution in [3.8, 4) is 5.88 Å². The third kappa shape index (κ3) is 2.97. The van der Waals surface area contributed by atoms with Gasteiger partial charge in [0.15, 0.2) is 6.61 Å². The minimum absolute atomic E-state index is 0.173. The molecule has 0 atom stereocenters. The topological polar surface area (TPSA) is 35.0 Å². The van der Waals surface area contributed by atoms with Crippen LogP contribution in [0.15, 0.2) is 24.4 Å². The highest BCUT2D eigenvalue weighted by Gasteiger charge is 2.28. The Morgan fingerprint density at radius 2 is 2.12 bits per heavy atom. The molecule has 7 heteroatoms. The van der Waals surface area contributed by atoms with Crippen LogP contribution < -0.4 is 4.74 Å². The summed E-state index contributed by atoms with van der Waals surface area (Å²) in [5, 5.41) is 0.202. The van der Waals surface area contributed by atoms with Crippen molar-refractivity contribution in [2.75, 3.05) is 6.61 Å². The van der Waals surface area contributed by atoms with Crippen LogP contribution in [-0.2, 0) is 0 Å². The Hall–Kier alpha value is -1.56. The molecule has 3 nitrogen and oxygen atoms in total. The maximum atomic E-state index is 12.0. The van der Waals surface area contributed by atoms with Crippen LogP contribution in [0.4, 0.5) is 13.2 Å². The Morgan fingerprint density at radius 1 is 1.35 bits per heavy atom. The van der Waals surface area contributed by atoms with E-state index in [4.69, 9.17) is 11.6 Å². The Labute approximate surface area is 99.2 Å². The monoisotopic (exact) mass is 262 g/mol. The van der Waals surface area contributed by atoms with E-state index in [-0.39, 0.29) is 10.9 Å². The highest BCUT2D eigenvalue weighted by Crippen LogP contribution is 2.25. The summed E-state index contributed by atoms with van der Waals surface area (Å²) >= 11 is 5.85. The number of rotatable bonds is 2. The third-order valence-corrected chi connectivity index (χ3v) is 2.17. The number of hydrogen-bond donors (Lipinski definition) is 0. The average Bonchev–Trinajstić information content (AvgIpc) is 2.26. The molecule has 0 saturated carbocycles. The minimum atomic E-state index is -4.40. The highest BCUT2D eigenvalue weighted by molar-refractivity contribution is 6.34. The molecule has 0 aliphatic carbocycles. The highest BCUT2D eigenvalue weighted by atomic mass is 35.5. The molecule has 17 heavy (non-hydrogen) atoms. The Bertz CT molecular complexity index is 545. The first-order chi connectivity index (χ1) is 7.96. The van der Waals surface area contributed by atoms with Gasteiger partial charge in [0.25, 0.3) is 0 Å². The van der Waals surface area contributed by atoms with Gasteiger partial charge in [-0.25, -0.2) is 4.98 Å². The summed E-state index contributed by atoms with van der Waals surface area (Å²) in [7, 11) is 0. The lowest BCUT2D eigenvalue weighted by atomic mass is 10.3. The largest absolute Gasteiger partial charge is 0.468 e. The lowest BCUT2D eigenvalue weighted by Crippen LogP contribution is -2.19. The molecule has 0 bridgehead atoms. The Kier molecular flexibility index (Phi) is 3.06. The van der Waals surface area contributed by atoms with Gasteiger partial charge in [0.05, 0.1) is 10.5 Å². The molecular weight excluding hydrogens is 257 g/mol. The fourth-order valence-electron chi connectivity index (χ4n) is 1.23. The van der Waals surface area contributed by atoms with Crippen molar-refractivity contribution < 1.29 is 17.9 Å². The molecule has 0 unspecified atom stereocenters. The van der Waals surface area contributed by atoms with Crippen molar-refractivity contribution in [3.05, 3.63) is 29.4 Å². The van der Waals surface area contributed by atoms with Crippen LogP contribution in [0.1, 0.15) is 0 Å². The molecule has 0 saturated heterocycles. The predicted molar refractivity (Wildman–Crippen MR) is 56.1 cm³/mol. The lowest BCUT2D eigenvalue weighted by Gasteiger charge is -2.09. The number of halogens is 4. The van der Waals surface area contributed by atoms with Crippen molar-refractivity contribution in [1.29, 1.82) is 0 Å². The molecule has 0 N–H and O–H groups in total. The Balaban J connectivity index is 2.31. The van der Waals surface area contributed by atoms with E-state index >= 15 is 0 Å². The number of ether oxygens (including phenoxy) is 1. The zero-order valence-electron chi connectivity index (χ0n) is 8.33. The summed E-state index contributed by atoms with van der Waals surface area (Å²) < 4.78 is 40.4. The average molecular weight is 263 g/mol. The second-order valence-corrected chi connectivity index (χ2v) is 3.62. The molecule has 0 aliphatic heterocycles. The Morgan fingerprint density at radius 3 is 2.82 bits per heavy atom. The van der Waals surface area contributed by atoms with E-state index in [2.05, 4.69) is 14.7 Å². The minimum Gasteiger partial charge on any atom is -0.468 e. The fourth-order valence-corrected chi connectivity index (χ4v) is 1.47. The van der Waals surface area contributed by atoms with Gasteiger partial charge in [-0.05, 0) is 12.1 Å². The van der Waals surface area contributed by atoms with Crippen LogP contribution in [0.5, 0.6) is 5.88 Å². The maximum Gasteiger partial charge on any atom is 0.422 e. The normalized spacial score (nSPS) is 11.8. The molecule has 90 valence electrons. The van der Waals surface area contributed by atoms with E-state index in [1.165, 1.54) is 12.3 Å². The molecule has 0 aliphatic rings. The zero-order valence-corrected chi connectivity index (χ0v) is 9.09. The third-order valence-electron chi connectivity index (χ3n) is 1.88. The van der Waals surface area contributed by atoms with Crippen LogP contribution in [-0.4, -0.2) is 22.8 Å². The molecule has 2 heterocycles. The van der Waals surface area contributed by atoms with Crippen molar-refractivity contribution in [1.82, 2.24) is 9.97 Å². The summed E-state index contributed by atoms with van der Waals surface area (Å²) in [5.74, 6) is -0.173. The smallest absolute Gasteiger partial charge is 0.422 e. The predicted octanol–water partition coefficient (Wildman–Crippen LogP) is 3.22. The van der Waals surface area contributed by atoms with Crippen LogP contribution >= 0.6 is 11.6 Å². The van der Waals surface area contributed by atoms with Crippen molar-refractivity contribution in [2.45, 2.75) is 6.18 Å².